The van der Waals surface area contributed by atoms with Gasteiger partial charge in [0.15, 0.2) is 0 Å². The molecule has 0 aliphatic heterocycles. The van der Waals surface area contributed by atoms with Gasteiger partial charge >= 0.3 is 5.97 Å². The Hall–Kier alpha value is -2.47. The molecule has 1 aliphatic carbocycles. The summed E-state index contributed by atoms with van der Waals surface area (Å²) in [4.78, 5) is 12.9. The number of ether oxygens (including phenoxy) is 2. The summed E-state index contributed by atoms with van der Waals surface area (Å²) in [7, 11) is 0. The molecule has 1 aliphatic rings. The Bertz CT molecular complexity index is 744. The minimum atomic E-state index is -0.936. The lowest BCUT2D eigenvalue weighted by molar-refractivity contribution is -0.131. The molecule has 0 aromatic heterocycles. The van der Waals surface area contributed by atoms with Gasteiger partial charge in [-0.15, -0.1) is 0 Å². The van der Waals surface area contributed by atoms with Crippen LogP contribution in [0.4, 0.5) is 0 Å². The van der Waals surface area contributed by atoms with Crippen LogP contribution in [0.5, 0.6) is 0 Å². The van der Waals surface area contributed by atoms with E-state index >= 15 is 0 Å². The Morgan fingerprint density at radius 2 is 1.39 bits per heavy atom. The molecule has 0 unspecified atom stereocenters. The van der Waals surface area contributed by atoms with Crippen LogP contribution in [0.25, 0.3) is 0 Å². The van der Waals surface area contributed by atoms with Crippen LogP contribution < -0.4 is 0 Å². The fraction of sp³-hybridized carbons (Fsp3) is 0.423. The van der Waals surface area contributed by atoms with E-state index in [1.54, 1.807) is 6.08 Å². The van der Waals surface area contributed by atoms with Crippen molar-refractivity contribution in [2.75, 3.05) is 19.8 Å². The van der Waals surface area contributed by atoms with Gasteiger partial charge in [0.25, 0.3) is 0 Å². The standard InChI is InChI=1S/C26H33NO4/c28-26(29)12-7-18-30-24-13-15-25(16-14-24)31-19-17-27(20-22-8-3-1-4-9-22)21-23-10-5-2-6-11-23/h1-12,24-25H,13-21H2,(H,28,29)/b12-7+. The normalized spacial score (nSPS) is 19.1. The van der Waals surface area contributed by atoms with Gasteiger partial charge in [-0.2, -0.15) is 0 Å². The quantitative estimate of drug-likeness (QED) is 0.503. The molecule has 0 bridgehead atoms. The van der Waals surface area contributed by atoms with Gasteiger partial charge in [0.05, 0.1) is 25.4 Å². The highest BCUT2D eigenvalue weighted by atomic mass is 16.5. The van der Waals surface area contributed by atoms with Crippen LogP contribution in [-0.4, -0.2) is 47.9 Å². The molecule has 0 saturated heterocycles. The summed E-state index contributed by atoms with van der Waals surface area (Å²) in [5, 5.41) is 8.61. The monoisotopic (exact) mass is 423 g/mol. The zero-order valence-electron chi connectivity index (χ0n) is 18.1. The van der Waals surface area contributed by atoms with Crippen molar-refractivity contribution in [2.24, 2.45) is 0 Å². The van der Waals surface area contributed by atoms with Gasteiger partial charge in [-0.25, -0.2) is 4.79 Å². The lowest BCUT2D eigenvalue weighted by Gasteiger charge is -2.29. The van der Waals surface area contributed by atoms with Crippen LogP contribution in [0.15, 0.2) is 72.8 Å². The van der Waals surface area contributed by atoms with Crippen molar-refractivity contribution < 1.29 is 19.4 Å². The number of nitrogens with zero attached hydrogens (tertiary/aromatic N) is 1. The number of hydrogen-bond acceptors (Lipinski definition) is 4. The van der Waals surface area contributed by atoms with Crippen molar-refractivity contribution in [1.29, 1.82) is 0 Å². The lowest BCUT2D eigenvalue weighted by Crippen LogP contribution is -2.31. The van der Waals surface area contributed by atoms with Crippen molar-refractivity contribution in [2.45, 2.75) is 51.0 Å². The predicted molar refractivity (Wildman–Crippen MR) is 122 cm³/mol. The summed E-state index contributed by atoms with van der Waals surface area (Å²) in [6.45, 7) is 3.78. The van der Waals surface area contributed by atoms with Crippen molar-refractivity contribution in [1.82, 2.24) is 4.90 Å². The molecule has 1 saturated carbocycles. The van der Waals surface area contributed by atoms with E-state index in [0.717, 1.165) is 58.0 Å². The molecule has 3 rings (SSSR count). The van der Waals surface area contributed by atoms with E-state index in [0.29, 0.717) is 6.61 Å². The number of rotatable bonds is 12. The predicted octanol–water partition coefficient (Wildman–Crippen LogP) is 4.67. The maximum Gasteiger partial charge on any atom is 0.328 e. The van der Waals surface area contributed by atoms with Crippen LogP contribution in [0.3, 0.4) is 0 Å². The number of benzene rings is 2. The van der Waals surface area contributed by atoms with Crippen LogP contribution in [0, 0.1) is 0 Å². The topological polar surface area (TPSA) is 59.0 Å². The summed E-state index contributed by atoms with van der Waals surface area (Å²) >= 11 is 0. The van der Waals surface area contributed by atoms with Crippen LogP contribution in [0.2, 0.25) is 0 Å². The first kappa shape index (κ1) is 23.2. The van der Waals surface area contributed by atoms with Gasteiger partial charge < -0.3 is 14.6 Å². The number of carbonyl (C=O) groups is 1. The molecule has 31 heavy (non-hydrogen) atoms. The molecule has 166 valence electrons. The molecule has 1 N–H and O–H groups in total. The van der Waals surface area contributed by atoms with Gasteiger partial charge in [-0.05, 0) is 36.8 Å². The molecule has 0 radical (unpaired) electrons. The summed E-state index contributed by atoms with van der Waals surface area (Å²) < 4.78 is 11.9. The second-order valence-electron chi connectivity index (χ2n) is 8.03. The molecule has 5 nitrogen and oxygen atoms in total. The number of hydrogen-bond donors (Lipinski definition) is 1. The first-order valence-corrected chi connectivity index (χ1v) is 11.1. The smallest absolute Gasteiger partial charge is 0.328 e. The van der Waals surface area contributed by atoms with E-state index in [4.69, 9.17) is 14.6 Å². The molecule has 2 aromatic rings. The summed E-state index contributed by atoms with van der Waals surface area (Å²) in [6.07, 6.45) is 7.07. The van der Waals surface area contributed by atoms with E-state index in [1.165, 1.54) is 11.1 Å². The average Bonchev–Trinajstić information content (AvgIpc) is 2.79. The molecule has 2 aromatic carbocycles. The average molecular weight is 424 g/mol. The van der Waals surface area contributed by atoms with Gasteiger partial charge in [0.2, 0.25) is 0 Å². The Balaban J connectivity index is 1.40. The van der Waals surface area contributed by atoms with Crippen molar-refractivity contribution >= 4 is 5.97 Å². The highest BCUT2D eigenvalue weighted by Gasteiger charge is 2.22. The van der Waals surface area contributed by atoms with Gasteiger partial charge in [0, 0.05) is 25.7 Å². The number of carboxylic acids is 1. The van der Waals surface area contributed by atoms with Crippen LogP contribution in [0.1, 0.15) is 36.8 Å². The Kier molecular flexibility index (Phi) is 9.77. The van der Waals surface area contributed by atoms with E-state index in [2.05, 4.69) is 65.6 Å². The molecular weight excluding hydrogens is 390 g/mol. The van der Waals surface area contributed by atoms with Crippen molar-refractivity contribution in [3.8, 4) is 0 Å². The highest BCUT2D eigenvalue weighted by molar-refractivity contribution is 5.79. The molecule has 1 fully saturated rings. The minimum absolute atomic E-state index is 0.200. The van der Waals surface area contributed by atoms with E-state index in [9.17, 15) is 4.79 Å². The third-order valence-corrected chi connectivity index (χ3v) is 5.57. The highest BCUT2D eigenvalue weighted by Crippen LogP contribution is 2.23. The zero-order valence-corrected chi connectivity index (χ0v) is 18.1. The number of aliphatic carboxylic acids is 1. The second-order valence-corrected chi connectivity index (χ2v) is 8.03. The first-order chi connectivity index (χ1) is 15.2. The summed E-state index contributed by atoms with van der Waals surface area (Å²) in [5.41, 5.74) is 2.63. The molecule has 5 heteroatoms. The zero-order chi connectivity index (χ0) is 21.7. The van der Waals surface area contributed by atoms with E-state index < -0.39 is 5.97 Å². The Morgan fingerprint density at radius 3 is 1.90 bits per heavy atom. The van der Waals surface area contributed by atoms with Crippen molar-refractivity contribution in [3.05, 3.63) is 83.9 Å². The SMILES string of the molecule is O=C(O)/C=C/COC1CCC(OCCN(Cc2ccccc2)Cc2ccccc2)CC1. The van der Waals surface area contributed by atoms with E-state index in [1.807, 2.05) is 0 Å². The maximum atomic E-state index is 10.5. The van der Waals surface area contributed by atoms with Crippen LogP contribution in [-0.2, 0) is 27.4 Å². The summed E-state index contributed by atoms with van der Waals surface area (Å²) in [6, 6.07) is 21.1. The second kappa shape index (κ2) is 13.1. The van der Waals surface area contributed by atoms with Gasteiger partial charge in [-0.3, -0.25) is 4.90 Å². The third-order valence-electron chi connectivity index (χ3n) is 5.57. The Morgan fingerprint density at radius 1 is 0.871 bits per heavy atom. The minimum Gasteiger partial charge on any atom is -0.478 e. The lowest BCUT2D eigenvalue weighted by atomic mass is 9.95. The molecule has 0 amide bonds. The molecule has 0 atom stereocenters. The number of carboxylic acid groups (broad SMARTS) is 1. The third kappa shape index (κ3) is 9.05. The van der Waals surface area contributed by atoms with Gasteiger partial charge in [0.1, 0.15) is 0 Å². The van der Waals surface area contributed by atoms with Gasteiger partial charge in [-0.1, -0.05) is 66.7 Å². The summed E-state index contributed by atoms with van der Waals surface area (Å²) in [5.74, 6) is -0.936. The molecule has 0 spiro atoms. The molecular formula is C26H33NO4. The largest absolute Gasteiger partial charge is 0.478 e. The maximum absolute atomic E-state index is 10.5. The Labute approximate surface area is 185 Å². The van der Waals surface area contributed by atoms with E-state index in [-0.39, 0.29) is 12.2 Å². The molecule has 0 heterocycles. The fourth-order valence-electron chi connectivity index (χ4n) is 3.95. The first-order valence-electron chi connectivity index (χ1n) is 11.1. The van der Waals surface area contributed by atoms with Crippen LogP contribution >= 0.6 is 0 Å². The fourth-order valence-corrected chi connectivity index (χ4v) is 3.95. The van der Waals surface area contributed by atoms with Crippen molar-refractivity contribution in [3.63, 3.8) is 0 Å².